The van der Waals surface area contributed by atoms with Gasteiger partial charge in [0, 0.05) is 26.2 Å². The van der Waals surface area contributed by atoms with E-state index in [1.165, 1.54) is 57.1 Å². The number of nitriles is 2. The third-order valence-electron chi connectivity index (χ3n) is 4.66. The smallest absolute Gasteiger partial charge is 0.207 e. The SMILES string of the molecule is N#Cc1ccc(S(=O)(=O)N2CCCN(S(=O)(=O)c3ccc(C#N)cc3)CC2)cc1. The van der Waals surface area contributed by atoms with Crippen LogP contribution in [-0.4, -0.2) is 51.6 Å². The summed E-state index contributed by atoms with van der Waals surface area (Å²) in [6, 6.07) is 15.1. The highest BCUT2D eigenvalue weighted by Gasteiger charge is 2.31. The quantitative estimate of drug-likeness (QED) is 0.725. The van der Waals surface area contributed by atoms with Crippen LogP contribution in [0.15, 0.2) is 58.3 Å². The third-order valence-corrected chi connectivity index (χ3v) is 8.48. The van der Waals surface area contributed by atoms with Gasteiger partial charge in [0.25, 0.3) is 0 Å². The van der Waals surface area contributed by atoms with Crippen LogP contribution in [0.25, 0.3) is 0 Å². The average molecular weight is 431 g/mol. The Hall–Kier alpha value is -2.76. The molecule has 0 saturated carbocycles. The summed E-state index contributed by atoms with van der Waals surface area (Å²) >= 11 is 0. The van der Waals surface area contributed by atoms with Crippen molar-refractivity contribution in [3.05, 3.63) is 59.7 Å². The fourth-order valence-corrected chi connectivity index (χ4v) is 5.99. The molecule has 150 valence electrons. The second-order valence-electron chi connectivity index (χ2n) is 6.43. The summed E-state index contributed by atoms with van der Waals surface area (Å²) in [5.41, 5.74) is 0.721. The number of benzene rings is 2. The molecule has 1 heterocycles. The third kappa shape index (κ3) is 4.31. The van der Waals surface area contributed by atoms with Gasteiger partial charge in [-0.05, 0) is 55.0 Å². The molecule has 0 spiro atoms. The monoisotopic (exact) mass is 430 g/mol. The minimum Gasteiger partial charge on any atom is -0.207 e. The summed E-state index contributed by atoms with van der Waals surface area (Å²) in [7, 11) is -7.57. The molecule has 10 heteroatoms. The van der Waals surface area contributed by atoms with Gasteiger partial charge in [0.05, 0.1) is 33.1 Å². The summed E-state index contributed by atoms with van der Waals surface area (Å²) in [5, 5.41) is 17.7. The van der Waals surface area contributed by atoms with Crippen LogP contribution in [0.1, 0.15) is 17.5 Å². The number of nitrogens with zero attached hydrogens (tertiary/aromatic N) is 4. The van der Waals surface area contributed by atoms with Crippen LogP contribution in [0.5, 0.6) is 0 Å². The molecule has 0 unspecified atom stereocenters. The van der Waals surface area contributed by atoms with E-state index in [9.17, 15) is 16.8 Å². The van der Waals surface area contributed by atoms with E-state index in [0.29, 0.717) is 17.5 Å². The summed E-state index contributed by atoms with van der Waals surface area (Å²) in [6.45, 7) is 0.444. The van der Waals surface area contributed by atoms with Crippen molar-refractivity contribution < 1.29 is 16.8 Å². The van der Waals surface area contributed by atoms with Crippen molar-refractivity contribution in [2.45, 2.75) is 16.2 Å². The Kier molecular flexibility index (Phi) is 6.01. The summed E-state index contributed by atoms with van der Waals surface area (Å²) < 4.78 is 54.1. The van der Waals surface area contributed by atoms with Gasteiger partial charge in [-0.3, -0.25) is 0 Å². The van der Waals surface area contributed by atoms with Crippen LogP contribution in [0.2, 0.25) is 0 Å². The zero-order chi connectivity index (χ0) is 21.1. The van der Waals surface area contributed by atoms with E-state index in [1.54, 1.807) is 0 Å². The molecule has 0 radical (unpaired) electrons. The van der Waals surface area contributed by atoms with E-state index in [4.69, 9.17) is 10.5 Å². The minimum absolute atomic E-state index is 0.0256. The first kappa shape index (κ1) is 21.0. The van der Waals surface area contributed by atoms with E-state index in [0.717, 1.165) is 0 Å². The lowest BCUT2D eigenvalue weighted by atomic mass is 10.2. The molecule has 2 aromatic carbocycles. The highest BCUT2D eigenvalue weighted by atomic mass is 32.2. The van der Waals surface area contributed by atoms with Gasteiger partial charge in [-0.2, -0.15) is 19.1 Å². The second kappa shape index (κ2) is 8.31. The van der Waals surface area contributed by atoms with Gasteiger partial charge in [0.15, 0.2) is 0 Å². The molecular formula is C19H18N4O4S2. The van der Waals surface area contributed by atoms with Crippen LogP contribution in [-0.2, 0) is 20.0 Å². The molecule has 2 aromatic rings. The maximum Gasteiger partial charge on any atom is 0.243 e. The maximum atomic E-state index is 12.9. The fraction of sp³-hybridized carbons (Fsp3) is 0.263. The normalized spacial score (nSPS) is 16.5. The van der Waals surface area contributed by atoms with Crippen molar-refractivity contribution in [3.63, 3.8) is 0 Å². The molecule has 0 aliphatic carbocycles. The number of hydrogen-bond donors (Lipinski definition) is 0. The van der Waals surface area contributed by atoms with E-state index in [1.807, 2.05) is 12.1 Å². The second-order valence-corrected chi connectivity index (χ2v) is 10.3. The first-order chi connectivity index (χ1) is 13.8. The summed E-state index contributed by atoms with van der Waals surface area (Å²) in [4.78, 5) is 0.139. The Morgan fingerprint density at radius 2 is 0.966 bits per heavy atom. The van der Waals surface area contributed by atoms with Crippen molar-refractivity contribution in [2.75, 3.05) is 26.2 Å². The molecular weight excluding hydrogens is 412 g/mol. The molecule has 3 rings (SSSR count). The summed E-state index contributed by atoms with van der Waals surface area (Å²) in [5.74, 6) is 0. The topological polar surface area (TPSA) is 122 Å². The number of rotatable bonds is 4. The van der Waals surface area contributed by atoms with Crippen LogP contribution >= 0.6 is 0 Å². The molecule has 1 aliphatic rings. The molecule has 29 heavy (non-hydrogen) atoms. The molecule has 1 aliphatic heterocycles. The van der Waals surface area contributed by atoms with Gasteiger partial charge < -0.3 is 0 Å². The Bertz CT molecular complexity index is 1080. The predicted molar refractivity (Wildman–Crippen MR) is 104 cm³/mol. The van der Waals surface area contributed by atoms with Crippen LogP contribution in [0, 0.1) is 22.7 Å². The van der Waals surface area contributed by atoms with E-state index in [2.05, 4.69) is 0 Å². The molecule has 0 aromatic heterocycles. The lowest BCUT2D eigenvalue weighted by molar-refractivity contribution is 0.404. The van der Waals surface area contributed by atoms with Gasteiger partial charge in [-0.25, -0.2) is 16.8 Å². The summed E-state index contributed by atoms with van der Waals surface area (Å²) in [6.07, 6.45) is 0.352. The Labute approximate surface area is 170 Å². The van der Waals surface area contributed by atoms with Crippen molar-refractivity contribution in [1.82, 2.24) is 8.61 Å². The Morgan fingerprint density at radius 3 is 1.28 bits per heavy atom. The number of hydrogen-bond acceptors (Lipinski definition) is 6. The largest absolute Gasteiger partial charge is 0.243 e. The number of sulfonamides is 2. The highest BCUT2D eigenvalue weighted by Crippen LogP contribution is 2.22. The Morgan fingerprint density at radius 1 is 0.621 bits per heavy atom. The van der Waals surface area contributed by atoms with Crippen molar-refractivity contribution in [3.8, 4) is 12.1 Å². The predicted octanol–water partition coefficient (Wildman–Crippen LogP) is 1.52. The van der Waals surface area contributed by atoms with Gasteiger partial charge >= 0.3 is 0 Å². The molecule has 0 N–H and O–H groups in total. The maximum absolute atomic E-state index is 12.9. The van der Waals surface area contributed by atoms with Gasteiger partial charge in [-0.1, -0.05) is 0 Å². The van der Waals surface area contributed by atoms with Crippen LogP contribution in [0.3, 0.4) is 0 Å². The van der Waals surface area contributed by atoms with Crippen molar-refractivity contribution in [2.24, 2.45) is 0 Å². The molecule has 8 nitrogen and oxygen atoms in total. The standard InChI is InChI=1S/C19H18N4O4S2/c20-14-16-2-6-18(7-3-16)28(24,25)22-10-1-11-23(13-12-22)29(26,27)19-8-4-17(15-21)5-9-19/h2-9H,1,10-13H2. The molecule has 1 saturated heterocycles. The first-order valence-corrected chi connectivity index (χ1v) is 11.7. The van der Waals surface area contributed by atoms with Crippen molar-refractivity contribution in [1.29, 1.82) is 10.5 Å². The molecule has 0 bridgehead atoms. The fourth-order valence-electron chi connectivity index (χ4n) is 3.05. The van der Waals surface area contributed by atoms with Gasteiger partial charge in [0.2, 0.25) is 20.0 Å². The van der Waals surface area contributed by atoms with E-state index >= 15 is 0 Å². The lowest BCUT2D eigenvalue weighted by Gasteiger charge is -2.21. The zero-order valence-electron chi connectivity index (χ0n) is 15.4. The molecule has 0 atom stereocenters. The van der Waals surface area contributed by atoms with Crippen LogP contribution in [0.4, 0.5) is 0 Å². The van der Waals surface area contributed by atoms with E-state index < -0.39 is 20.0 Å². The van der Waals surface area contributed by atoms with Gasteiger partial charge in [-0.15, -0.1) is 0 Å². The molecule has 1 fully saturated rings. The first-order valence-electron chi connectivity index (χ1n) is 8.79. The van der Waals surface area contributed by atoms with Crippen LogP contribution < -0.4 is 0 Å². The van der Waals surface area contributed by atoms with Crippen molar-refractivity contribution >= 4 is 20.0 Å². The van der Waals surface area contributed by atoms with E-state index in [-0.39, 0.29) is 36.0 Å². The molecule has 0 amide bonds. The minimum atomic E-state index is -3.79. The lowest BCUT2D eigenvalue weighted by Crippen LogP contribution is -2.37. The highest BCUT2D eigenvalue weighted by molar-refractivity contribution is 7.89. The average Bonchev–Trinajstić information content (AvgIpc) is 3.01. The van der Waals surface area contributed by atoms with Gasteiger partial charge in [0.1, 0.15) is 0 Å². The zero-order valence-corrected chi connectivity index (χ0v) is 17.0. The Balaban J connectivity index is 1.78.